The van der Waals surface area contributed by atoms with E-state index in [4.69, 9.17) is 5.73 Å². The van der Waals surface area contributed by atoms with Crippen LogP contribution >= 0.6 is 0 Å². The molecule has 0 spiro atoms. The zero-order chi connectivity index (χ0) is 18.8. The van der Waals surface area contributed by atoms with Gasteiger partial charge < -0.3 is 5.73 Å². The van der Waals surface area contributed by atoms with Crippen LogP contribution in [0.15, 0.2) is 83.2 Å². The molecular weight excluding hydrogens is 345 g/mol. The van der Waals surface area contributed by atoms with Crippen LogP contribution in [-0.2, 0) is 0 Å². The van der Waals surface area contributed by atoms with Crippen molar-refractivity contribution in [3.8, 4) is 11.3 Å². The van der Waals surface area contributed by atoms with Crippen molar-refractivity contribution in [2.45, 2.75) is 0 Å². The molecule has 0 atom stereocenters. The maximum Gasteiger partial charge on any atom is 0.248 e. The fourth-order valence-electron chi connectivity index (χ4n) is 2.68. The third-order valence-electron chi connectivity index (χ3n) is 4.03. The number of rotatable bonds is 4. The number of halogens is 1. The lowest BCUT2D eigenvalue weighted by atomic mass is 10.1. The fourth-order valence-corrected chi connectivity index (χ4v) is 2.68. The Morgan fingerprint density at radius 2 is 1.70 bits per heavy atom. The number of azo groups is 1. The second kappa shape index (κ2) is 6.80. The summed E-state index contributed by atoms with van der Waals surface area (Å²) in [6.45, 7) is 0. The number of primary amides is 1. The highest BCUT2D eigenvalue weighted by Crippen LogP contribution is 2.32. The van der Waals surface area contributed by atoms with Crippen molar-refractivity contribution < 1.29 is 9.18 Å². The number of nitrogens with zero attached hydrogens (tertiary/aromatic N) is 4. The van der Waals surface area contributed by atoms with Gasteiger partial charge in [0.05, 0.1) is 5.69 Å². The Kier molecular flexibility index (Phi) is 4.18. The predicted octanol–water partition coefficient (Wildman–Crippen LogP) is 4.65. The minimum Gasteiger partial charge on any atom is -0.366 e. The van der Waals surface area contributed by atoms with E-state index in [0.29, 0.717) is 28.4 Å². The summed E-state index contributed by atoms with van der Waals surface area (Å²) in [5, 5.41) is 8.59. The Hall–Kier alpha value is -3.87. The van der Waals surface area contributed by atoms with Crippen molar-refractivity contribution in [3.63, 3.8) is 0 Å². The first-order valence-electron chi connectivity index (χ1n) is 8.16. The Morgan fingerprint density at radius 3 is 2.41 bits per heavy atom. The zero-order valence-electron chi connectivity index (χ0n) is 14.1. The minimum absolute atomic E-state index is 0.319. The standard InChI is InChI=1S/C20H14FN5O/c21-15-8-4-13(5-9-15)18-20(26-12-2-1-3-17(26)23-18)25-24-16-10-6-14(7-11-16)19(22)27/h1-12H,(H2,22,27). The zero-order valence-corrected chi connectivity index (χ0v) is 14.1. The Labute approximate surface area is 153 Å². The number of nitrogens with two attached hydrogens (primary N) is 1. The largest absolute Gasteiger partial charge is 0.366 e. The average Bonchev–Trinajstić information content (AvgIpc) is 3.06. The summed E-state index contributed by atoms with van der Waals surface area (Å²) in [7, 11) is 0. The number of hydrogen-bond acceptors (Lipinski definition) is 4. The summed E-state index contributed by atoms with van der Waals surface area (Å²) in [5.41, 5.74) is 8.24. The summed E-state index contributed by atoms with van der Waals surface area (Å²) >= 11 is 0. The molecule has 2 aromatic carbocycles. The van der Waals surface area contributed by atoms with Gasteiger partial charge in [-0.1, -0.05) is 6.07 Å². The number of hydrogen-bond donors (Lipinski definition) is 1. The molecule has 132 valence electrons. The molecule has 27 heavy (non-hydrogen) atoms. The van der Waals surface area contributed by atoms with Crippen molar-refractivity contribution in [1.82, 2.24) is 9.38 Å². The molecule has 2 N–H and O–H groups in total. The SMILES string of the molecule is NC(=O)c1ccc(N=Nc2c(-c3ccc(F)cc3)nc3ccccn23)cc1. The average molecular weight is 359 g/mol. The van der Waals surface area contributed by atoms with E-state index in [0.717, 1.165) is 5.56 Å². The molecule has 4 aromatic rings. The number of aromatic nitrogens is 2. The first kappa shape index (κ1) is 16.6. The van der Waals surface area contributed by atoms with Crippen LogP contribution in [-0.4, -0.2) is 15.3 Å². The maximum atomic E-state index is 13.3. The van der Waals surface area contributed by atoms with E-state index in [1.807, 2.05) is 24.4 Å². The number of benzene rings is 2. The van der Waals surface area contributed by atoms with Gasteiger partial charge in [-0.2, -0.15) is 0 Å². The van der Waals surface area contributed by atoms with E-state index < -0.39 is 5.91 Å². The molecule has 2 aromatic heterocycles. The molecule has 0 fully saturated rings. The third-order valence-corrected chi connectivity index (χ3v) is 4.03. The number of carbonyl (C=O) groups is 1. The van der Waals surface area contributed by atoms with Crippen LogP contribution in [0.25, 0.3) is 16.9 Å². The Balaban J connectivity index is 1.78. The van der Waals surface area contributed by atoms with E-state index in [9.17, 15) is 9.18 Å². The highest BCUT2D eigenvalue weighted by Gasteiger charge is 2.14. The molecular formula is C20H14FN5O. The Bertz CT molecular complexity index is 1150. The molecule has 6 nitrogen and oxygen atoms in total. The van der Waals surface area contributed by atoms with Gasteiger partial charge in [0.1, 0.15) is 17.2 Å². The fraction of sp³-hybridized carbons (Fsp3) is 0. The lowest BCUT2D eigenvalue weighted by molar-refractivity contribution is 0.100. The maximum absolute atomic E-state index is 13.3. The molecule has 4 rings (SSSR count). The van der Waals surface area contributed by atoms with Crippen LogP contribution < -0.4 is 5.73 Å². The van der Waals surface area contributed by atoms with Gasteiger partial charge in [0.2, 0.25) is 5.91 Å². The number of fused-ring (bicyclic) bond motifs is 1. The molecule has 0 bridgehead atoms. The van der Waals surface area contributed by atoms with E-state index in [1.54, 1.807) is 40.8 Å². The molecule has 2 heterocycles. The number of carbonyl (C=O) groups excluding carboxylic acids is 1. The molecule has 0 aliphatic rings. The lowest BCUT2D eigenvalue weighted by Crippen LogP contribution is -2.10. The normalized spacial score (nSPS) is 11.3. The van der Waals surface area contributed by atoms with E-state index in [2.05, 4.69) is 15.2 Å². The molecule has 0 unspecified atom stereocenters. The lowest BCUT2D eigenvalue weighted by Gasteiger charge is -2.00. The summed E-state index contributed by atoms with van der Waals surface area (Å²) in [4.78, 5) is 15.7. The second-order valence-corrected chi connectivity index (χ2v) is 5.83. The van der Waals surface area contributed by atoms with E-state index in [1.165, 1.54) is 12.1 Å². The van der Waals surface area contributed by atoms with Gasteiger partial charge in [-0.25, -0.2) is 9.37 Å². The summed E-state index contributed by atoms with van der Waals surface area (Å²) in [5.74, 6) is -0.296. The van der Waals surface area contributed by atoms with Crippen molar-refractivity contribution in [2.75, 3.05) is 0 Å². The second-order valence-electron chi connectivity index (χ2n) is 5.83. The summed E-state index contributed by atoms with van der Waals surface area (Å²) in [6.07, 6.45) is 1.83. The van der Waals surface area contributed by atoms with Crippen LogP contribution in [0, 0.1) is 5.82 Å². The summed E-state index contributed by atoms with van der Waals surface area (Å²) < 4.78 is 15.1. The van der Waals surface area contributed by atoms with Gasteiger partial charge in [-0.3, -0.25) is 9.20 Å². The van der Waals surface area contributed by atoms with Crippen molar-refractivity contribution in [2.24, 2.45) is 16.0 Å². The highest BCUT2D eigenvalue weighted by atomic mass is 19.1. The Morgan fingerprint density at radius 1 is 0.963 bits per heavy atom. The van der Waals surface area contributed by atoms with Crippen LogP contribution in [0.2, 0.25) is 0 Å². The first-order chi connectivity index (χ1) is 13.1. The van der Waals surface area contributed by atoms with Crippen LogP contribution in [0.4, 0.5) is 15.9 Å². The number of amides is 1. The molecule has 0 saturated heterocycles. The predicted molar refractivity (Wildman–Crippen MR) is 99.7 cm³/mol. The first-order valence-corrected chi connectivity index (χ1v) is 8.16. The van der Waals surface area contributed by atoms with Gasteiger partial charge in [-0.15, -0.1) is 10.2 Å². The topological polar surface area (TPSA) is 85.1 Å². The molecule has 0 radical (unpaired) electrons. The quantitative estimate of drug-likeness (QED) is 0.538. The van der Waals surface area contributed by atoms with Crippen LogP contribution in [0.5, 0.6) is 0 Å². The third kappa shape index (κ3) is 3.30. The summed E-state index contributed by atoms with van der Waals surface area (Å²) in [6, 6.07) is 18.1. The molecule has 0 saturated carbocycles. The van der Waals surface area contributed by atoms with E-state index in [-0.39, 0.29) is 5.82 Å². The van der Waals surface area contributed by atoms with Gasteiger partial charge in [0.15, 0.2) is 5.82 Å². The monoisotopic (exact) mass is 359 g/mol. The van der Waals surface area contributed by atoms with Crippen molar-refractivity contribution in [3.05, 3.63) is 84.3 Å². The molecule has 1 amide bonds. The minimum atomic E-state index is -0.501. The van der Waals surface area contributed by atoms with Gasteiger partial charge in [0.25, 0.3) is 0 Å². The van der Waals surface area contributed by atoms with Crippen LogP contribution in [0.3, 0.4) is 0 Å². The van der Waals surface area contributed by atoms with E-state index >= 15 is 0 Å². The number of imidazole rings is 1. The molecule has 7 heteroatoms. The molecule has 0 aliphatic heterocycles. The van der Waals surface area contributed by atoms with Crippen LogP contribution in [0.1, 0.15) is 10.4 Å². The van der Waals surface area contributed by atoms with Crippen molar-refractivity contribution >= 4 is 23.1 Å². The van der Waals surface area contributed by atoms with Gasteiger partial charge in [0, 0.05) is 17.3 Å². The highest BCUT2D eigenvalue weighted by molar-refractivity contribution is 5.93. The van der Waals surface area contributed by atoms with Gasteiger partial charge in [-0.05, 0) is 60.7 Å². The smallest absolute Gasteiger partial charge is 0.248 e. The molecule has 0 aliphatic carbocycles. The number of pyridine rings is 1. The van der Waals surface area contributed by atoms with Crippen molar-refractivity contribution in [1.29, 1.82) is 0 Å². The van der Waals surface area contributed by atoms with Gasteiger partial charge >= 0.3 is 0 Å².